The van der Waals surface area contributed by atoms with E-state index < -0.39 is 0 Å². The van der Waals surface area contributed by atoms with E-state index in [-0.39, 0.29) is 5.78 Å². The molecule has 1 aromatic rings. The van der Waals surface area contributed by atoms with E-state index in [0.29, 0.717) is 6.42 Å². The highest BCUT2D eigenvalue weighted by molar-refractivity contribution is 5.74. The molecule has 1 aliphatic carbocycles. The van der Waals surface area contributed by atoms with Crippen molar-refractivity contribution in [3.05, 3.63) is 17.5 Å². The molecule has 2 unspecified atom stereocenters. The number of hydrogen-bond donors (Lipinski definition) is 1. The molecule has 2 rings (SSSR count). The lowest BCUT2D eigenvalue weighted by Crippen LogP contribution is -2.19. The first-order chi connectivity index (χ1) is 9.58. The molecule has 0 amide bonds. The number of carbonyl (C=O) groups excluding carboxylic acids is 1. The van der Waals surface area contributed by atoms with Crippen molar-refractivity contribution in [3.8, 4) is 0 Å². The second-order valence-electron chi connectivity index (χ2n) is 5.32. The Hall–Kier alpha value is -1.12. The summed E-state index contributed by atoms with van der Waals surface area (Å²) >= 11 is 0. The highest BCUT2D eigenvalue weighted by atomic mass is 16.1. The van der Waals surface area contributed by atoms with Crippen LogP contribution in [0.3, 0.4) is 0 Å². The van der Waals surface area contributed by atoms with E-state index in [4.69, 9.17) is 0 Å². The molecule has 20 heavy (non-hydrogen) atoms. The molecule has 0 spiro atoms. The number of carbonyl (C=O) groups is 1. The molecule has 1 N–H and O–H groups in total. The van der Waals surface area contributed by atoms with E-state index in [1.807, 2.05) is 27.0 Å². The number of aromatic amines is 1. The van der Waals surface area contributed by atoms with E-state index in [1.54, 1.807) is 6.92 Å². The van der Waals surface area contributed by atoms with Gasteiger partial charge in [-0.1, -0.05) is 41.0 Å². The number of Topliss-reactive ketones (excluding diaryl/α,β-unsaturated/α-hetero) is 1. The molecule has 1 aliphatic rings. The molecule has 0 fully saturated rings. The van der Waals surface area contributed by atoms with Gasteiger partial charge in [0.1, 0.15) is 5.78 Å². The number of ketones is 1. The monoisotopic (exact) mass is 280 g/mol. The summed E-state index contributed by atoms with van der Waals surface area (Å²) in [5.74, 6) is 2.00. The van der Waals surface area contributed by atoms with Crippen LogP contribution in [0.5, 0.6) is 0 Å². The molecule has 0 aromatic carbocycles. The zero-order valence-electron chi connectivity index (χ0n) is 14.1. The molecule has 3 nitrogen and oxygen atoms in total. The zero-order chi connectivity index (χ0) is 15.5. The van der Waals surface area contributed by atoms with E-state index in [0.717, 1.165) is 11.8 Å². The first kappa shape index (κ1) is 18.9. The maximum absolute atomic E-state index is 9.81. The molecule has 1 aromatic heterocycles. The lowest BCUT2D eigenvalue weighted by atomic mass is 9.79. The van der Waals surface area contributed by atoms with Crippen LogP contribution >= 0.6 is 0 Å². The number of nitrogens with zero attached hydrogens (tertiary/aromatic N) is 1. The smallest absolute Gasteiger partial charge is 0.129 e. The summed E-state index contributed by atoms with van der Waals surface area (Å²) in [6.07, 6.45) is 7.75. The Bertz CT molecular complexity index is 371. The minimum Gasteiger partial charge on any atom is -0.300 e. The van der Waals surface area contributed by atoms with Gasteiger partial charge < -0.3 is 4.79 Å². The van der Waals surface area contributed by atoms with Crippen LogP contribution in [0.2, 0.25) is 0 Å². The van der Waals surface area contributed by atoms with Gasteiger partial charge >= 0.3 is 0 Å². The van der Waals surface area contributed by atoms with Crippen molar-refractivity contribution in [1.82, 2.24) is 10.2 Å². The third-order valence-electron chi connectivity index (χ3n) is 4.00. The van der Waals surface area contributed by atoms with Gasteiger partial charge in [-0.25, -0.2) is 0 Å². The first-order valence-electron chi connectivity index (χ1n) is 8.08. The number of aromatic nitrogens is 2. The standard InChI is InChI=1S/C11H18N2.C4H8O.C2H6/c1-3-8(2)9-4-5-11-10(6-9)7-12-13-11;1-3-4(2)5;1-2/h7-9H,3-6H2,1-2H3,(H,12,13);3H2,1-2H3;1-2H3. The summed E-state index contributed by atoms with van der Waals surface area (Å²) in [5, 5.41) is 7.18. The summed E-state index contributed by atoms with van der Waals surface area (Å²) in [6, 6.07) is 0. The first-order valence-corrected chi connectivity index (χ1v) is 8.08. The molecule has 3 heteroatoms. The van der Waals surface area contributed by atoms with Gasteiger partial charge in [0.15, 0.2) is 0 Å². The Kier molecular flexibility index (Phi) is 10.0. The van der Waals surface area contributed by atoms with Gasteiger partial charge in [-0.2, -0.15) is 5.10 Å². The second kappa shape index (κ2) is 10.6. The van der Waals surface area contributed by atoms with Crippen molar-refractivity contribution in [2.24, 2.45) is 11.8 Å². The lowest BCUT2D eigenvalue weighted by Gasteiger charge is -2.26. The van der Waals surface area contributed by atoms with Crippen molar-refractivity contribution in [2.45, 2.75) is 73.6 Å². The molecule has 2 atom stereocenters. The molecule has 1 heterocycles. The Morgan fingerprint density at radius 2 is 2.05 bits per heavy atom. The average molecular weight is 280 g/mol. The topological polar surface area (TPSA) is 45.8 Å². The Morgan fingerprint density at radius 1 is 1.45 bits per heavy atom. The number of nitrogens with one attached hydrogen (secondary N) is 1. The molecule has 0 bridgehead atoms. The molecule has 0 saturated heterocycles. The van der Waals surface area contributed by atoms with Crippen LogP contribution in [0, 0.1) is 11.8 Å². The van der Waals surface area contributed by atoms with Crippen molar-refractivity contribution < 1.29 is 4.79 Å². The van der Waals surface area contributed by atoms with Crippen molar-refractivity contribution in [2.75, 3.05) is 0 Å². The summed E-state index contributed by atoms with van der Waals surface area (Å²) in [7, 11) is 0. The number of aryl methyl sites for hydroxylation is 1. The summed E-state index contributed by atoms with van der Waals surface area (Å²) in [5.41, 5.74) is 2.83. The van der Waals surface area contributed by atoms with Crippen LogP contribution < -0.4 is 0 Å². The van der Waals surface area contributed by atoms with Gasteiger partial charge in [-0.05, 0) is 43.6 Å². The molecule has 0 radical (unpaired) electrons. The van der Waals surface area contributed by atoms with Crippen LogP contribution in [0.25, 0.3) is 0 Å². The van der Waals surface area contributed by atoms with Gasteiger partial charge in [0.05, 0.1) is 6.20 Å². The maximum atomic E-state index is 9.81. The Balaban J connectivity index is 0.000000441. The summed E-state index contributed by atoms with van der Waals surface area (Å²) < 4.78 is 0. The maximum Gasteiger partial charge on any atom is 0.129 e. The number of hydrogen-bond acceptors (Lipinski definition) is 2. The van der Waals surface area contributed by atoms with Gasteiger partial charge in [-0.3, -0.25) is 5.10 Å². The molecule has 0 saturated carbocycles. The van der Waals surface area contributed by atoms with E-state index in [1.165, 1.54) is 36.9 Å². The van der Waals surface area contributed by atoms with Crippen LogP contribution in [0.4, 0.5) is 0 Å². The van der Waals surface area contributed by atoms with Crippen molar-refractivity contribution in [1.29, 1.82) is 0 Å². The van der Waals surface area contributed by atoms with Crippen LogP contribution in [-0.2, 0) is 17.6 Å². The van der Waals surface area contributed by atoms with Crippen molar-refractivity contribution >= 4 is 5.78 Å². The molecular weight excluding hydrogens is 248 g/mol. The third kappa shape index (κ3) is 6.36. The van der Waals surface area contributed by atoms with E-state index >= 15 is 0 Å². The largest absolute Gasteiger partial charge is 0.300 e. The fraction of sp³-hybridized carbons (Fsp3) is 0.765. The highest BCUT2D eigenvalue weighted by Crippen LogP contribution is 2.30. The normalized spacial score (nSPS) is 17.8. The second-order valence-corrected chi connectivity index (χ2v) is 5.32. The fourth-order valence-electron chi connectivity index (χ4n) is 2.26. The predicted octanol–water partition coefficient (Wildman–Crippen LogP) is 4.57. The SMILES string of the molecule is CC.CCC(C)=O.CCC(C)C1CCc2[nH]ncc2C1. The van der Waals surface area contributed by atoms with E-state index in [9.17, 15) is 4.79 Å². The highest BCUT2D eigenvalue weighted by Gasteiger charge is 2.23. The summed E-state index contributed by atoms with van der Waals surface area (Å²) in [4.78, 5) is 9.81. The number of fused-ring (bicyclic) bond motifs is 1. The Labute approximate surface area is 124 Å². The molecule has 0 aliphatic heterocycles. The van der Waals surface area contributed by atoms with Crippen LogP contribution in [-0.4, -0.2) is 16.0 Å². The minimum atomic E-state index is 0.255. The van der Waals surface area contributed by atoms with Gasteiger partial charge in [-0.15, -0.1) is 0 Å². The van der Waals surface area contributed by atoms with Gasteiger partial charge in [0.2, 0.25) is 0 Å². The quantitative estimate of drug-likeness (QED) is 0.881. The van der Waals surface area contributed by atoms with E-state index in [2.05, 4.69) is 24.0 Å². The lowest BCUT2D eigenvalue weighted by molar-refractivity contribution is -0.116. The Morgan fingerprint density at radius 3 is 2.55 bits per heavy atom. The zero-order valence-corrected chi connectivity index (χ0v) is 14.1. The minimum absolute atomic E-state index is 0.255. The molecular formula is C17H32N2O. The van der Waals surface area contributed by atoms with Gasteiger partial charge in [0.25, 0.3) is 0 Å². The van der Waals surface area contributed by atoms with Crippen LogP contribution in [0.15, 0.2) is 6.20 Å². The fourth-order valence-corrected chi connectivity index (χ4v) is 2.26. The molecule has 116 valence electrons. The van der Waals surface area contributed by atoms with Gasteiger partial charge in [0, 0.05) is 12.1 Å². The van der Waals surface area contributed by atoms with Crippen LogP contribution in [0.1, 0.15) is 72.1 Å². The number of H-pyrrole nitrogens is 1. The average Bonchev–Trinajstić information content (AvgIpc) is 2.96. The van der Waals surface area contributed by atoms with Crippen molar-refractivity contribution in [3.63, 3.8) is 0 Å². The third-order valence-corrected chi connectivity index (χ3v) is 4.00. The predicted molar refractivity (Wildman–Crippen MR) is 85.9 cm³/mol. The summed E-state index contributed by atoms with van der Waals surface area (Å²) in [6.45, 7) is 12.1. The number of rotatable bonds is 3.